The number of primary amides is 1. The molecule has 2 atom stereocenters. The Bertz CT molecular complexity index is 174. The summed E-state index contributed by atoms with van der Waals surface area (Å²) in [6.45, 7) is 7.14. The second-order valence-electron chi connectivity index (χ2n) is 3.94. The molecule has 0 aromatic carbocycles. The van der Waals surface area contributed by atoms with Crippen molar-refractivity contribution in [2.75, 3.05) is 19.6 Å². The van der Waals surface area contributed by atoms with Crippen LogP contribution in [-0.4, -0.2) is 42.5 Å². The monoisotopic (exact) mass is 185 g/mol. The molecule has 2 unspecified atom stereocenters. The Morgan fingerprint density at radius 3 is 2.46 bits per heavy atom. The first-order chi connectivity index (χ1) is 6.08. The SMILES string of the molecule is CC1CN(CCC(N)=O)CC(C)N1. The van der Waals surface area contributed by atoms with Crippen LogP contribution in [0.2, 0.25) is 0 Å². The maximum atomic E-state index is 10.6. The standard InChI is InChI=1S/C9H19N3O/c1-7-5-12(4-3-9(10)13)6-8(2)11-7/h7-8,11H,3-6H2,1-2H3,(H2,10,13). The van der Waals surface area contributed by atoms with E-state index in [-0.39, 0.29) is 5.91 Å². The van der Waals surface area contributed by atoms with Crippen LogP contribution in [-0.2, 0) is 4.79 Å². The fraction of sp³-hybridized carbons (Fsp3) is 0.889. The third kappa shape index (κ3) is 3.74. The average molecular weight is 185 g/mol. The Kier molecular flexibility index (Phi) is 3.69. The number of rotatable bonds is 3. The minimum absolute atomic E-state index is 0.209. The highest BCUT2D eigenvalue weighted by Crippen LogP contribution is 2.03. The minimum atomic E-state index is -0.209. The first-order valence-electron chi connectivity index (χ1n) is 4.84. The van der Waals surface area contributed by atoms with Gasteiger partial charge in [-0.15, -0.1) is 0 Å². The van der Waals surface area contributed by atoms with Crippen LogP contribution in [0.25, 0.3) is 0 Å². The van der Waals surface area contributed by atoms with Crippen molar-refractivity contribution in [1.82, 2.24) is 10.2 Å². The highest BCUT2D eigenvalue weighted by atomic mass is 16.1. The van der Waals surface area contributed by atoms with E-state index in [9.17, 15) is 4.79 Å². The Morgan fingerprint density at radius 1 is 1.46 bits per heavy atom. The van der Waals surface area contributed by atoms with Gasteiger partial charge in [-0.05, 0) is 13.8 Å². The van der Waals surface area contributed by atoms with Crippen molar-refractivity contribution in [3.05, 3.63) is 0 Å². The lowest BCUT2D eigenvalue weighted by Crippen LogP contribution is -2.54. The van der Waals surface area contributed by atoms with Gasteiger partial charge in [0.2, 0.25) is 5.91 Å². The van der Waals surface area contributed by atoms with Gasteiger partial charge in [0.15, 0.2) is 0 Å². The molecule has 0 saturated carbocycles. The molecule has 0 bridgehead atoms. The molecular weight excluding hydrogens is 166 g/mol. The molecule has 1 fully saturated rings. The lowest BCUT2D eigenvalue weighted by atomic mass is 10.1. The van der Waals surface area contributed by atoms with Crippen LogP contribution in [0.15, 0.2) is 0 Å². The molecule has 1 amide bonds. The molecule has 0 spiro atoms. The molecule has 0 radical (unpaired) electrons. The van der Waals surface area contributed by atoms with Crippen LogP contribution in [0.3, 0.4) is 0 Å². The van der Waals surface area contributed by atoms with E-state index in [4.69, 9.17) is 5.73 Å². The summed E-state index contributed by atoms with van der Waals surface area (Å²) < 4.78 is 0. The number of carbonyl (C=O) groups excluding carboxylic acids is 1. The van der Waals surface area contributed by atoms with Gasteiger partial charge in [-0.25, -0.2) is 0 Å². The van der Waals surface area contributed by atoms with Crippen LogP contribution >= 0.6 is 0 Å². The van der Waals surface area contributed by atoms with Crippen molar-refractivity contribution >= 4 is 5.91 Å². The van der Waals surface area contributed by atoms with Gasteiger partial charge in [-0.2, -0.15) is 0 Å². The van der Waals surface area contributed by atoms with E-state index in [1.165, 1.54) is 0 Å². The van der Waals surface area contributed by atoms with Crippen molar-refractivity contribution in [2.45, 2.75) is 32.4 Å². The molecule has 0 aliphatic carbocycles. The minimum Gasteiger partial charge on any atom is -0.370 e. The highest BCUT2D eigenvalue weighted by Gasteiger charge is 2.20. The lowest BCUT2D eigenvalue weighted by Gasteiger charge is -2.35. The van der Waals surface area contributed by atoms with E-state index in [0.717, 1.165) is 19.6 Å². The smallest absolute Gasteiger partial charge is 0.218 e. The van der Waals surface area contributed by atoms with Crippen LogP contribution < -0.4 is 11.1 Å². The van der Waals surface area contributed by atoms with E-state index in [2.05, 4.69) is 24.1 Å². The van der Waals surface area contributed by atoms with Gasteiger partial charge in [-0.3, -0.25) is 9.69 Å². The molecule has 13 heavy (non-hydrogen) atoms. The number of nitrogens with one attached hydrogen (secondary N) is 1. The number of piperazine rings is 1. The van der Waals surface area contributed by atoms with Gasteiger partial charge >= 0.3 is 0 Å². The molecule has 1 aliphatic heterocycles. The summed E-state index contributed by atoms with van der Waals surface area (Å²) in [6, 6.07) is 1.02. The lowest BCUT2D eigenvalue weighted by molar-refractivity contribution is -0.118. The predicted molar refractivity (Wildman–Crippen MR) is 52.3 cm³/mol. The first kappa shape index (κ1) is 10.5. The Hall–Kier alpha value is -0.610. The molecule has 0 aromatic rings. The zero-order valence-corrected chi connectivity index (χ0v) is 8.42. The molecule has 1 aliphatic rings. The number of carbonyl (C=O) groups is 1. The Morgan fingerprint density at radius 2 is 2.00 bits per heavy atom. The summed E-state index contributed by atoms with van der Waals surface area (Å²) in [6.07, 6.45) is 0.472. The number of amides is 1. The Balaban J connectivity index is 2.28. The summed E-state index contributed by atoms with van der Waals surface area (Å²) in [5.74, 6) is -0.209. The van der Waals surface area contributed by atoms with Crippen molar-refractivity contribution in [3.63, 3.8) is 0 Å². The molecule has 4 nitrogen and oxygen atoms in total. The number of nitrogens with zero attached hydrogens (tertiary/aromatic N) is 1. The number of nitrogens with two attached hydrogens (primary N) is 1. The summed E-state index contributed by atoms with van der Waals surface area (Å²) in [4.78, 5) is 12.9. The topological polar surface area (TPSA) is 58.4 Å². The molecule has 1 heterocycles. The number of hydrogen-bond donors (Lipinski definition) is 2. The van der Waals surface area contributed by atoms with E-state index >= 15 is 0 Å². The Labute approximate surface area is 79.5 Å². The van der Waals surface area contributed by atoms with Crippen molar-refractivity contribution in [1.29, 1.82) is 0 Å². The van der Waals surface area contributed by atoms with Gasteiger partial charge in [0.05, 0.1) is 0 Å². The van der Waals surface area contributed by atoms with Gasteiger partial charge < -0.3 is 11.1 Å². The maximum Gasteiger partial charge on any atom is 0.218 e. The van der Waals surface area contributed by atoms with Crippen molar-refractivity contribution < 1.29 is 4.79 Å². The summed E-state index contributed by atoms with van der Waals surface area (Å²) in [7, 11) is 0. The summed E-state index contributed by atoms with van der Waals surface area (Å²) in [5, 5.41) is 3.44. The first-order valence-corrected chi connectivity index (χ1v) is 4.84. The average Bonchev–Trinajstić information content (AvgIpc) is 1.99. The summed E-state index contributed by atoms with van der Waals surface area (Å²) >= 11 is 0. The van der Waals surface area contributed by atoms with Crippen LogP contribution in [0, 0.1) is 0 Å². The second kappa shape index (κ2) is 4.58. The van der Waals surface area contributed by atoms with Gasteiger partial charge in [0.25, 0.3) is 0 Å². The zero-order valence-electron chi connectivity index (χ0n) is 8.42. The van der Waals surface area contributed by atoms with E-state index < -0.39 is 0 Å². The largest absolute Gasteiger partial charge is 0.370 e. The second-order valence-corrected chi connectivity index (χ2v) is 3.94. The van der Waals surface area contributed by atoms with Crippen LogP contribution in [0.4, 0.5) is 0 Å². The molecule has 0 aromatic heterocycles. The fourth-order valence-corrected chi connectivity index (χ4v) is 1.89. The predicted octanol–water partition coefficient (Wildman–Crippen LogP) is -0.456. The molecule has 4 heteroatoms. The summed E-state index contributed by atoms with van der Waals surface area (Å²) in [5.41, 5.74) is 5.10. The molecular formula is C9H19N3O. The van der Waals surface area contributed by atoms with Crippen molar-refractivity contribution in [2.24, 2.45) is 5.73 Å². The quantitative estimate of drug-likeness (QED) is 0.626. The normalized spacial score (nSPS) is 30.3. The van der Waals surface area contributed by atoms with Crippen molar-refractivity contribution in [3.8, 4) is 0 Å². The number of hydrogen-bond acceptors (Lipinski definition) is 3. The molecule has 3 N–H and O–H groups in total. The fourth-order valence-electron chi connectivity index (χ4n) is 1.89. The highest BCUT2D eigenvalue weighted by molar-refractivity contribution is 5.73. The van der Waals surface area contributed by atoms with Gasteiger partial charge in [0, 0.05) is 38.1 Å². The maximum absolute atomic E-state index is 10.6. The van der Waals surface area contributed by atoms with Crippen LogP contribution in [0.5, 0.6) is 0 Å². The molecule has 1 saturated heterocycles. The zero-order chi connectivity index (χ0) is 9.84. The van der Waals surface area contributed by atoms with Gasteiger partial charge in [0.1, 0.15) is 0 Å². The third-order valence-corrected chi connectivity index (χ3v) is 2.31. The van der Waals surface area contributed by atoms with E-state index in [1.54, 1.807) is 0 Å². The van der Waals surface area contributed by atoms with E-state index in [1.807, 2.05) is 0 Å². The van der Waals surface area contributed by atoms with Crippen LogP contribution in [0.1, 0.15) is 20.3 Å². The third-order valence-electron chi connectivity index (χ3n) is 2.31. The van der Waals surface area contributed by atoms with E-state index in [0.29, 0.717) is 18.5 Å². The molecule has 76 valence electrons. The van der Waals surface area contributed by atoms with Gasteiger partial charge in [-0.1, -0.05) is 0 Å². The molecule has 1 rings (SSSR count).